The molecule has 0 saturated carbocycles. The summed E-state index contributed by atoms with van der Waals surface area (Å²) in [5.41, 5.74) is 1.35. The van der Waals surface area contributed by atoms with Crippen LogP contribution in [0.4, 0.5) is 23.2 Å². The largest absolute Gasteiger partial charge is 0.474 e. The number of carbonyl (C=O) groups is 1. The third-order valence-electron chi connectivity index (χ3n) is 8.14. The predicted octanol–water partition coefficient (Wildman–Crippen LogP) is 3.24. The summed E-state index contributed by atoms with van der Waals surface area (Å²) in [6, 6.07) is 5.66. The van der Waals surface area contributed by atoms with Crippen molar-refractivity contribution < 1.29 is 31.8 Å². The van der Waals surface area contributed by atoms with Crippen LogP contribution in [0.5, 0.6) is 5.88 Å². The summed E-state index contributed by atoms with van der Waals surface area (Å²) in [5, 5.41) is 3.46. The molecule has 3 aliphatic heterocycles. The van der Waals surface area contributed by atoms with Gasteiger partial charge in [-0.15, -0.1) is 0 Å². The first-order chi connectivity index (χ1) is 19.5. The number of nitrogens with one attached hydrogen (secondary N) is 1. The molecule has 0 bridgehead atoms. The van der Waals surface area contributed by atoms with Crippen LogP contribution in [-0.4, -0.2) is 103 Å². The second kappa shape index (κ2) is 12.2. The van der Waals surface area contributed by atoms with Crippen LogP contribution in [-0.2, 0) is 16.0 Å². The lowest BCUT2D eigenvalue weighted by atomic mass is 10.0. The second-order valence-corrected chi connectivity index (χ2v) is 11.4. The average molecular weight is 580 g/mol. The van der Waals surface area contributed by atoms with Gasteiger partial charge in [-0.05, 0) is 56.5 Å². The van der Waals surface area contributed by atoms with Gasteiger partial charge < -0.3 is 14.8 Å². The summed E-state index contributed by atoms with van der Waals surface area (Å²) in [5.74, 6) is -1.05. The summed E-state index contributed by atoms with van der Waals surface area (Å²) in [4.78, 5) is 23.3. The molecule has 41 heavy (non-hydrogen) atoms. The molecule has 2 fully saturated rings. The number of pyridine rings is 1. The van der Waals surface area contributed by atoms with E-state index in [0.29, 0.717) is 44.8 Å². The van der Waals surface area contributed by atoms with E-state index in [2.05, 4.69) is 29.0 Å². The molecule has 8 nitrogen and oxygen atoms in total. The minimum Gasteiger partial charge on any atom is -0.474 e. The third kappa shape index (κ3) is 6.82. The Balaban J connectivity index is 1.40. The van der Waals surface area contributed by atoms with Gasteiger partial charge >= 0.3 is 6.18 Å². The van der Waals surface area contributed by atoms with E-state index in [-0.39, 0.29) is 48.1 Å². The first-order valence-electron chi connectivity index (χ1n) is 14.1. The molecular formula is C29H37F4N5O3. The Morgan fingerprint density at radius 3 is 2.46 bits per heavy atom. The topological polar surface area (TPSA) is 70.2 Å². The fourth-order valence-corrected chi connectivity index (χ4v) is 5.94. The van der Waals surface area contributed by atoms with Crippen molar-refractivity contribution in [1.29, 1.82) is 0 Å². The van der Waals surface area contributed by atoms with E-state index >= 15 is 0 Å². The maximum atomic E-state index is 14.3. The number of piperazine rings is 1. The van der Waals surface area contributed by atoms with Gasteiger partial charge in [0.2, 0.25) is 11.8 Å². The van der Waals surface area contributed by atoms with Crippen LogP contribution >= 0.6 is 0 Å². The van der Waals surface area contributed by atoms with Gasteiger partial charge in [0, 0.05) is 50.0 Å². The van der Waals surface area contributed by atoms with Crippen LogP contribution < -0.4 is 15.0 Å². The lowest BCUT2D eigenvalue weighted by molar-refractivity contribution is -0.161. The molecule has 0 radical (unpaired) electrons. The number of ether oxygens (including phenoxy) is 2. The number of fused-ring (bicyclic) bond motifs is 1. The van der Waals surface area contributed by atoms with E-state index in [1.54, 1.807) is 12.1 Å². The number of morpholine rings is 1. The summed E-state index contributed by atoms with van der Waals surface area (Å²) < 4.78 is 67.2. The minimum atomic E-state index is -4.70. The third-order valence-corrected chi connectivity index (χ3v) is 8.14. The first-order valence-corrected chi connectivity index (χ1v) is 14.1. The van der Waals surface area contributed by atoms with Crippen LogP contribution in [0.3, 0.4) is 0 Å². The minimum absolute atomic E-state index is 0.00153. The van der Waals surface area contributed by atoms with E-state index < -0.39 is 24.7 Å². The molecule has 224 valence electrons. The lowest BCUT2D eigenvalue weighted by Gasteiger charge is -2.46. The van der Waals surface area contributed by atoms with E-state index in [1.807, 2.05) is 11.8 Å². The van der Waals surface area contributed by atoms with Gasteiger partial charge in [-0.1, -0.05) is 12.1 Å². The fourth-order valence-electron chi connectivity index (χ4n) is 5.94. The second-order valence-electron chi connectivity index (χ2n) is 11.4. The molecule has 0 spiro atoms. The Morgan fingerprint density at radius 2 is 1.78 bits per heavy atom. The van der Waals surface area contributed by atoms with Crippen LogP contribution in [0.15, 0.2) is 36.5 Å². The summed E-state index contributed by atoms with van der Waals surface area (Å²) in [6.07, 6.45) is -2.88. The van der Waals surface area contributed by atoms with E-state index in [0.717, 1.165) is 10.5 Å². The zero-order valence-electron chi connectivity index (χ0n) is 23.5. The highest BCUT2D eigenvalue weighted by molar-refractivity contribution is 5.97. The van der Waals surface area contributed by atoms with Crippen molar-refractivity contribution in [3.63, 3.8) is 0 Å². The fraction of sp³-hybridized carbons (Fsp3) is 0.586. The number of hydrogen-bond donors (Lipinski definition) is 1. The van der Waals surface area contributed by atoms with Crippen LogP contribution in [0.1, 0.15) is 31.9 Å². The van der Waals surface area contributed by atoms with Crippen molar-refractivity contribution in [2.75, 3.05) is 50.9 Å². The van der Waals surface area contributed by atoms with Crippen LogP contribution in [0, 0.1) is 5.82 Å². The number of hydrogen-bond acceptors (Lipinski definition) is 7. The number of anilines is 1. The molecule has 12 heteroatoms. The van der Waals surface area contributed by atoms with Crippen molar-refractivity contribution in [3.8, 4) is 5.88 Å². The van der Waals surface area contributed by atoms with Gasteiger partial charge in [0.15, 0.2) is 6.04 Å². The van der Waals surface area contributed by atoms with Crippen LogP contribution in [0.2, 0.25) is 0 Å². The molecule has 1 aromatic heterocycles. The van der Waals surface area contributed by atoms with Crippen LogP contribution in [0.25, 0.3) is 0 Å². The molecule has 1 unspecified atom stereocenters. The molecule has 1 aromatic carbocycles. The van der Waals surface area contributed by atoms with Gasteiger partial charge in [0.1, 0.15) is 18.1 Å². The molecule has 4 heterocycles. The molecule has 2 aromatic rings. The number of amides is 1. The average Bonchev–Trinajstić information content (AvgIpc) is 2.92. The lowest BCUT2D eigenvalue weighted by Crippen LogP contribution is -2.64. The monoisotopic (exact) mass is 579 g/mol. The molecule has 1 N–H and O–H groups in total. The normalized spacial score (nSPS) is 27.8. The molecule has 5 rings (SSSR count). The zero-order valence-corrected chi connectivity index (χ0v) is 23.5. The van der Waals surface area contributed by atoms with Crippen molar-refractivity contribution in [1.82, 2.24) is 20.1 Å². The number of benzene rings is 1. The van der Waals surface area contributed by atoms with Gasteiger partial charge in [-0.25, -0.2) is 9.37 Å². The van der Waals surface area contributed by atoms with E-state index in [9.17, 15) is 22.4 Å². The standard InChI is InChI=1S/C29H37F4N5O3/c1-18-12-36(24(11-34-18)13-37-19(2)15-40-16-20(37)3)14-27(39)38-25-9-22(8-21-4-6-23(30)7-5-21)10-35-28(25)41-17-26(38)29(31,32)33/h4-7,9-10,18-20,24,26,34H,8,11-17H2,1-3H3/t18-,19-,20-,24-,26?/m1/s1. The van der Waals surface area contributed by atoms with Crippen molar-refractivity contribution in [2.45, 2.75) is 63.6 Å². The smallest absolute Gasteiger partial charge is 0.412 e. The number of nitrogens with zero attached hydrogens (tertiary/aromatic N) is 4. The van der Waals surface area contributed by atoms with Gasteiger partial charge in [0.25, 0.3) is 0 Å². The predicted molar refractivity (Wildman–Crippen MR) is 146 cm³/mol. The van der Waals surface area contributed by atoms with Crippen molar-refractivity contribution >= 4 is 11.6 Å². The number of carbonyl (C=O) groups excluding carboxylic acids is 1. The highest BCUT2D eigenvalue weighted by atomic mass is 19.4. The highest BCUT2D eigenvalue weighted by Gasteiger charge is 2.50. The van der Waals surface area contributed by atoms with Crippen molar-refractivity contribution in [2.24, 2.45) is 0 Å². The maximum Gasteiger partial charge on any atom is 0.412 e. The Labute approximate surface area is 237 Å². The van der Waals surface area contributed by atoms with Gasteiger partial charge in [0.05, 0.1) is 19.8 Å². The number of halogens is 4. The Morgan fingerprint density at radius 1 is 1.07 bits per heavy atom. The number of rotatable bonds is 6. The SMILES string of the molecule is C[C@@H]1CN(CC(=O)N2c3cc(Cc4ccc(F)cc4)cnc3OCC2C(F)(F)F)[C@@H](CN2[C@H](C)COC[C@H]2C)CN1. The van der Waals surface area contributed by atoms with Gasteiger partial charge in [-0.2, -0.15) is 13.2 Å². The molecule has 0 aliphatic carbocycles. The number of alkyl halides is 3. The molecule has 3 aliphatic rings. The summed E-state index contributed by atoms with van der Waals surface area (Å²) in [6.45, 7) is 8.35. The van der Waals surface area contributed by atoms with E-state index in [1.165, 1.54) is 24.4 Å². The summed E-state index contributed by atoms with van der Waals surface area (Å²) in [7, 11) is 0. The van der Waals surface area contributed by atoms with Crippen molar-refractivity contribution in [3.05, 3.63) is 53.5 Å². The summed E-state index contributed by atoms with van der Waals surface area (Å²) >= 11 is 0. The zero-order chi connectivity index (χ0) is 29.3. The molecule has 1 amide bonds. The quantitative estimate of drug-likeness (QED) is 0.527. The van der Waals surface area contributed by atoms with E-state index in [4.69, 9.17) is 9.47 Å². The molecule has 5 atom stereocenters. The Hall–Kier alpha value is -2.80. The highest BCUT2D eigenvalue weighted by Crippen LogP contribution is 2.39. The molecule has 2 saturated heterocycles. The van der Waals surface area contributed by atoms with Gasteiger partial charge in [-0.3, -0.25) is 19.5 Å². The number of aromatic nitrogens is 1. The maximum absolute atomic E-state index is 14.3. The Kier molecular flexibility index (Phi) is 8.84. The Bertz CT molecular complexity index is 1200. The molecular weight excluding hydrogens is 542 g/mol. The first kappa shape index (κ1) is 29.7.